The fraction of sp³-hybridized carbons (Fsp3) is 0.250. The summed E-state index contributed by atoms with van der Waals surface area (Å²) in [5, 5.41) is 10.7. The van der Waals surface area contributed by atoms with Gasteiger partial charge in [-0.15, -0.1) is 0 Å². The number of halogens is 2. The molecule has 0 aliphatic carbocycles. The van der Waals surface area contributed by atoms with Crippen molar-refractivity contribution in [2.24, 2.45) is 5.73 Å². The van der Waals surface area contributed by atoms with E-state index < -0.39 is 49.1 Å². The maximum Gasteiger partial charge on any atom is 0.317 e. The third-order valence-corrected chi connectivity index (χ3v) is 2.31. The van der Waals surface area contributed by atoms with E-state index in [0.717, 1.165) is 23.1 Å². The number of primary amides is 1. The van der Waals surface area contributed by atoms with Gasteiger partial charge in [-0.2, -0.15) is 0 Å². The maximum absolute atomic E-state index is 13.3. The summed E-state index contributed by atoms with van der Waals surface area (Å²) in [6.45, 7) is -1.56. The minimum absolute atomic E-state index is 0.380. The molecule has 0 aliphatic rings. The molecule has 1 aromatic carbocycles. The van der Waals surface area contributed by atoms with Crippen molar-refractivity contribution in [3.63, 3.8) is 0 Å². The van der Waals surface area contributed by atoms with Crippen molar-refractivity contribution < 1.29 is 28.3 Å². The molecule has 0 saturated carbocycles. The second-order valence-corrected chi connectivity index (χ2v) is 4.18. The third kappa shape index (κ3) is 5.95. The lowest BCUT2D eigenvalue weighted by Crippen LogP contribution is -2.42. The molecular formula is C12H13F2N3O4. The van der Waals surface area contributed by atoms with Crippen LogP contribution in [0.5, 0.6) is 0 Å². The topological polar surface area (TPSA) is 113 Å². The minimum Gasteiger partial charge on any atom is -0.480 e. The first kappa shape index (κ1) is 16.5. The zero-order valence-electron chi connectivity index (χ0n) is 10.8. The largest absolute Gasteiger partial charge is 0.480 e. The van der Waals surface area contributed by atoms with Crippen LogP contribution in [0.3, 0.4) is 0 Å². The SMILES string of the molecule is NC(=O)CN(CC(=O)O)CC(=O)Nc1cc(F)ccc1F. The van der Waals surface area contributed by atoms with E-state index in [2.05, 4.69) is 5.32 Å². The average molecular weight is 301 g/mol. The predicted molar refractivity (Wildman–Crippen MR) is 68.3 cm³/mol. The van der Waals surface area contributed by atoms with Crippen molar-refractivity contribution in [2.45, 2.75) is 0 Å². The van der Waals surface area contributed by atoms with Gasteiger partial charge in [-0.25, -0.2) is 8.78 Å². The monoisotopic (exact) mass is 301 g/mol. The number of nitrogens with two attached hydrogens (primary N) is 1. The molecule has 1 rings (SSSR count). The van der Waals surface area contributed by atoms with Crippen molar-refractivity contribution in [3.8, 4) is 0 Å². The van der Waals surface area contributed by atoms with Crippen molar-refractivity contribution >= 4 is 23.5 Å². The molecule has 0 atom stereocenters. The molecule has 0 unspecified atom stereocenters. The normalized spacial score (nSPS) is 10.4. The molecule has 2 amide bonds. The third-order valence-electron chi connectivity index (χ3n) is 2.31. The number of carbonyl (C=O) groups excluding carboxylic acids is 2. The Morgan fingerprint density at radius 2 is 1.86 bits per heavy atom. The molecule has 0 spiro atoms. The van der Waals surface area contributed by atoms with Gasteiger partial charge in [-0.3, -0.25) is 19.3 Å². The van der Waals surface area contributed by atoms with Crippen molar-refractivity contribution in [3.05, 3.63) is 29.8 Å². The van der Waals surface area contributed by atoms with Crippen molar-refractivity contribution in [1.29, 1.82) is 0 Å². The van der Waals surface area contributed by atoms with E-state index in [1.54, 1.807) is 0 Å². The van der Waals surface area contributed by atoms with Gasteiger partial charge in [0, 0.05) is 6.07 Å². The Kier molecular flexibility index (Phi) is 5.73. The number of hydrogen-bond acceptors (Lipinski definition) is 4. The van der Waals surface area contributed by atoms with Gasteiger partial charge in [-0.05, 0) is 12.1 Å². The van der Waals surface area contributed by atoms with Gasteiger partial charge in [0.05, 0.1) is 25.3 Å². The van der Waals surface area contributed by atoms with E-state index in [0.29, 0.717) is 0 Å². The quantitative estimate of drug-likeness (QED) is 0.644. The molecule has 0 radical (unpaired) electrons. The Morgan fingerprint density at radius 1 is 1.19 bits per heavy atom. The predicted octanol–water partition coefficient (Wildman–Crippen LogP) is -0.225. The van der Waals surface area contributed by atoms with Gasteiger partial charge in [-0.1, -0.05) is 0 Å². The number of nitrogens with one attached hydrogen (secondary N) is 1. The number of rotatable bonds is 7. The number of anilines is 1. The van der Waals surface area contributed by atoms with E-state index in [1.165, 1.54) is 0 Å². The Bertz CT molecular complexity index is 549. The molecule has 21 heavy (non-hydrogen) atoms. The Morgan fingerprint density at radius 3 is 2.43 bits per heavy atom. The first-order chi connectivity index (χ1) is 9.77. The van der Waals surface area contributed by atoms with Crippen molar-refractivity contribution in [1.82, 2.24) is 4.90 Å². The highest BCUT2D eigenvalue weighted by Crippen LogP contribution is 2.15. The molecule has 0 aromatic heterocycles. The summed E-state index contributed by atoms with van der Waals surface area (Å²) in [5.74, 6) is -4.47. The molecule has 0 saturated heterocycles. The molecule has 0 heterocycles. The number of nitrogens with zero attached hydrogens (tertiary/aromatic N) is 1. The zero-order chi connectivity index (χ0) is 16.0. The molecular weight excluding hydrogens is 288 g/mol. The summed E-state index contributed by atoms with van der Waals surface area (Å²) in [4.78, 5) is 34.0. The summed E-state index contributed by atoms with van der Waals surface area (Å²) in [6, 6.07) is 2.50. The molecule has 1 aromatic rings. The van der Waals surface area contributed by atoms with Crippen LogP contribution in [0.4, 0.5) is 14.5 Å². The fourth-order valence-corrected chi connectivity index (χ4v) is 1.57. The summed E-state index contributed by atoms with van der Waals surface area (Å²) < 4.78 is 26.3. The van der Waals surface area contributed by atoms with Gasteiger partial charge < -0.3 is 16.2 Å². The smallest absolute Gasteiger partial charge is 0.317 e. The molecule has 0 aliphatic heterocycles. The van der Waals surface area contributed by atoms with Crippen LogP contribution in [-0.2, 0) is 14.4 Å². The first-order valence-corrected chi connectivity index (χ1v) is 5.75. The second kappa shape index (κ2) is 7.29. The second-order valence-electron chi connectivity index (χ2n) is 4.18. The van der Waals surface area contributed by atoms with Gasteiger partial charge in [0.15, 0.2) is 0 Å². The Hall–Kier alpha value is -2.55. The molecule has 4 N–H and O–H groups in total. The first-order valence-electron chi connectivity index (χ1n) is 5.75. The Balaban J connectivity index is 2.70. The highest BCUT2D eigenvalue weighted by Gasteiger charge is 2.17. The van der Waals surface area contributed by atoms with Crippen LogP contribution in [0, 0.1) is 11.6 Å². The number of carboxylic acid groups (broad SMARTS) is 1. The van der Waals surface area contributed by atoms with E-state index >= 15 is 0 Å². The van der Waals surface area contributed by atoms with Crippen LogP contribution < -0.4 is 11.1 Å². The zero-order valence-corrected chi connectivity index (χ0v) is 10.8. The van der Waals surface area contributed by atoms with E-state index in [4.69, 9.17) is 10.8 Å². The van der Waals surface area contributed by atoms with Gasteiger partial charge in [0.1, 0.15) is 11.6 Å². The highest BCUT2D eigenvalue weighted by molar-refractivity contribution is 5.93. The lowest BCUT2D eigenvalue weighted by atomic mass is 10.3. The highest BCUT2D eigenvalue weighted by atomic mass is 19.1. The summed E-state index contributed by atoms with van der Waals surface area (Å²) in [6.07, 6.45) is 0. The van der Waals surface area contributed by atoms with E-state index in [1.807, 2.05) is 0 Å². The van der Waals surface area contributed by atoms with Crippen LogP contribution >= 0.6 is 0 Å². The van der Waals surface area contributed by atoms with Crippen LogP contribution in [0.1, 0.15) is 0 Å². The number of benzene rings is 1. The van der Waals surface area contributed by atoms with Crippen LogP contribution in [0.2, 0.25) is 0 Å². The van der Waals surface area contributed by atoms with E-state index in [9.17, 15) is 23.2 Å². The summed E-state index contributed by atoms with van der Waals surface area (Å²) in [5.41, 5.74) is 4.55. The lowest BCUT2D eigenvalue weighted by Gasteiger charge is -2.17. The number of aliphatic carboxylic acids is 1. The molecule has 114 valence electrons. The van der Waals surface area contributed by atoms with Crippen LogP contribution in [0.25, 0.3) is 0 Å². The van der Waals surface area contributed by atoms with Crippen molar-refractivity contribution in [2.75, 3.05) is 25.0 Å². The van der Waals surface area contributed by atoms with Gasteiger partial charge in [0.25, 0.3) is 0 Å². The molecule has 0 bridgehead atoms. The minimum atomic E-state index is -1.26. The number of carboxylic acids is 1. The standard InChI is InChI=1S/C12H13F2N3O4/c13-7-1-2-8(14)9(3-7)16-11(19)5-17(4-10(15)18)6-12(20)21/h1-3H,4-6H2,(H2,15,18)(H,16,19)(H,20,21). The molecule has 7 nitrogen and oxygen atoms in total. The number of carbonyl (C=O) groups is 3. The number of hydrogen-bond donors (Lipinski definition) is 3. The summed E-state index contributed by atoms with van der Waals surface area (Å²) in [7, 11) is 0. The van der Waals surface area contributed by atoms with E-state index in [-0.39, 0.29) is 5.69 Å². The number of amides is 2. The lowest BCUT2D eigenvalue weighted by molar-refractivity contribution is -0.138. The van der Waals surface area contributed by atoms with Gasteiger partial charge >= 0.3 is 5.97 Å². The van der Waals surface area contributed by atoms with Crippen LogP contribution in [-0.4, -0.2) is 47.4 Å². The molecule has 9 heteroatoms. The van der Waals surface area contributed by atoms with Gasteiger partial charge in [0.2, 0.25) is 11.8 Å². The summed E-state index contributed by atoms with van der Waals surface area (Å²) >= 11 is 0. The fourth-order valence-electron chi connectivity index (χ4n) is 1.57. The maximum atomic E-state index is 13.3. The van der Waals surface area contributed by atoms with Crippen LogP contribution in [0.15, 0.2) is 18.2 Å². The Labute approximate surface area is 118 Å². The molecule has 0 fully saturated rings. The average Bonchev–Trinajstić information content (AvgIpc) is 2.31.